The summed E-state index contributed by atoms with van der Waals surface area (Å²) in [5.74, 6) is 1.48. The maximum Gasteiger partial charge on any atom is 0.129 e. The molecule has 0 amide bonds. The van der Waals surface area contributed by atoms with Crippen LogP contribution in [0.5, 0.6) is 5.75 Å². The third kappa shape index (κ3) is 2.09. The number of nitrogens with two attached hydrogens (primary N) is 1. The Labute approximate surface area is 118 Å². The summed E-state index contributed by atoms with van der Waals surface area (Å²) < 4.78 is 7.15. The lowest BCUT2D eigenvalue weighted by Crippen LogP contribution is -2.17. The summed E-state index contributed by atoms with van der Waals surface area (Å²) in [7, 11) is 3.52. The molecule has 0 unspecified atom stereocenters. The molecule has 2 N–H and O–H groups in total. The first kappa shape index (κ1) is 12.8. The van der Waals surface area contributed by atoms with Crippen molar-refractivity contribution in [2.75, 3.05) is 30.8 Å². The first-order valence-corrected chi connectivity index (χ1v) is 6.91. The number of ether oxygens (including phenoxy) is 1. The van der Waals surface area contributed by atoms with E-state index in [0.717, 1.165) is 30.0 Å². The van der Waals surface area contributed by atoms with Gasteiger partial charge in [0.15, 0.2) is 0 Å². The smallest absolute Gasteiger partial charge is 0.129 e. The Morgan fingerprint density at radius 2 is 1.95 bits per heavy atom. The van der Waals surface area contributed by atoms with E-state index in [1.54, 1.807) is 18.0 Å². The minimum absolute atomic E-state index is 0.655. The van der Waals surface area contributed by atoms with Crippen molar-refractivity contribution in [3.8, 4) is 16.9 Å². The molecule has 0 aliphatic carbocycles. The first-order chi connectivity index (χ1) is 9.70. The van der Waals surface area contributed by atoms with E-state index in [9.17, 15) is 0 Å². The summed E-state index contributed by atoms with van der Waals surface area (Å²) in [5, 5.41) is 4.22. The Morgan fingerprint density at radius 1 is 1.20 bits per heavy atom. The third-order valence-electron chi connectivity index (χ3n) is 3.93. The highest BCUT2D eigenvalue weighted by molar-refractivity contribution is 5.81. The van der Waals surface area contributed by atoms with Crippen LogP contribution >= 0.6 is 0 Å². The van der Waals surface area contributed by atoms with E-state index in [2.05, 4.69) is 22.1 Å². The van der Waals surface area contributed by atoms with Crippen molar-refractivity contribution in [2.24, 2.45) is 7.05 Å². The second kappa shape index (κ2) is 5.07. The molecule has 0 saturated carbocycles. The minimum Gasteiger partial charge on any atom is -0.496 e. The number of methoxy groups -OCH3 is 1. The lowest BCUT2D eigenvalue weighted by Gasteiger charge is -2.19. The zero-order valence-corrected chi connectivity index (χ0v) is 12.0. The number of hydrogen-bond donors (Lipinski definition) is 1. The quantitative estimate of drug-likeness (QED) is 0.931. The number of benzene rings is 1. The molecule has 0 radical (unpaired) electrons. The fourth-order valence-electron chi connectivity index (χ4n) is 2.73. The van der Waals surface area contributed by atoms with Crippen LogP contribution in [0.3, 0.4) is 0 Å². The van der Waals surface area contributed by atoms with Crippen LogP contribution < -0.4 is 15.4 Å². The molecular formula is C15H20N4O. The predicted molar refractivity (Wildman–Crippen MR) is 81.1 cm³/mol. The molecule has 0 atom stereocenters. The molecule has 1 aromatic carbocycles. The van der Waals surface area contributed by atoms with Gasteiger partial charge in [0.1, 0.15) is 11.6 Å². The van der Waals surface area contributed by atoms with Gasteiger partial charge >= 0.3 is 0 Å². The largest absolute Gasteiger partial charge is 0.496 e. The van der Waals surface area contributed by atoms with Crippen LogP contribution in [0, 0.1) is 0 Å². The van der Waals surface area contributed by atoms with Gasteiger partial charge in [-0.25, -0.2) is 0 Å². The Kier molecular flexibility index (Phi) is 3.26. The van der Waals surface area contributed by atoms with Crippen LogP contribution in [0.25, 0.3) is 11.1 Å². The zero-order valence-electron chi connectivity index (χ0n) is 12.0. The maximum absolute atomic E-state index is 6.09. The molecule has 0 bridgehead atoms. The topological polar surface area (TPSA) is 56.3 Å². The van der Waals surface area contributed by atoms with E-state index < -0.39 is 0 Å². The number of rotatable bonds is 3. The fourth-order valence-corrected chi connectivity index (χ4v) is 2.73. The zero-order chi connectivity index (χ0) is 14.1. The fraction of sp³-hybridized carbons (Fsp3) is 0.400. The van der Waals surface area contributed by atoms with E-state index in [1.807, 2.05) is 13.1 Å². The molecule has 1 fully saturated rings. The van der Waals surface area contributed by atoms with Crippen molar-refractivity contribution in [3.63, 3.8) is 0 Å². The highest BCUT2D eigenvalue weighted by atomic mass is 16.5. The van der Waals surface area contributed by atoms with Crippen LogP contribution in [0.4, 0.5) is 11.5 Å². The minimum atomic E-state index is 0.655. The number of nitrogen functional groups attached to an aromatic ring is 1. The molecule has 2 aromatic rings. The lowest BCUT2D eigenvalue weighted by molar-refractivity contribution is 0.416. The molecular weight excluding hydrogens is 252 g/mol. The van der Waals surface area contributed by atoms with Crippen LogP contribution in [0.2, 0.25) is 0 Å². The van der Waals surface area contributed by atoms with Crippen LogP contribution in [-0.2, 0) is 7.05 Å². The molecule has 0 spiro atoms. The molecule has 2 heterocycles. The third-order valence-corrected chi connectivity index (χ3v) is 3.93. The Balaban J connectivity index is 2.07. The molecule has 106 valence electrons. The summed E-state index contributed by atoms with van der Waals surface area (Å²) in [6.45, 7) is 2.24. The number of aromatic nitrogens is 2. The second-order valence-electron chi connectivity index (χ2n) is 5.15. The second-order valence-corrected chi connectivity index (χ2v) is 5.15. The van der Waals surface area contributed by atoms with Crippen LogP contribution in [0.15, 0.2) is 24.4 Å². The van der Waals surface area contributed by atoms with Gasteiger partial charge in [-0.15, -0.1) is 0 Å². The Morgan fingerprint density at radius 3 is 2.55 bits per heavy atom. The predicted octanol–water partition coefficient (Wildman–Crippen LogP) is 2.28. The maximum atomic E-state index is 6.09. The van der Waals surface area contributed by atoms with Gasteiger partial charge in [-0.05, 0) is 31.0 Å². The highest BCUT2D eigenvalue weighted by Crippen LogP contribution is 2.37. The highest BCUT2D eigenvalue weighted by Gasteiger charge is 2.17. The number of anilines is 2. The summed E-state index contributed by atoms with van der Waals surface area (Å²) in [6.07, 6.45) is 4.31. The average Bonchev–Trinajstić information content (AvgIpc) is 3.10. The van der Waals surface area contributed by atoms with E-state index in [-0.39, 0.29) is 0 Å². The normalized spacial score (nSPS) is 14.8. The van der Waals surface area contributed by atoms with Crippen molar-refractivity contribution >= 4 is 11.5 Å². The van der Waals surface area contributed by atoms with Crippen molar-refractivity contribution < 1.29 is 4.74 Å². The average molecular weight is 272 g/mol. The standard InChI is InChI=1S/C15H20N4O/c1-18-15(16)13(10-17-18)12-9-11(5-6-14(12)20-2)19-7-3-4-8-19/h5-6,9-10H,3-4,7-8,16H2,1-2H3. The number of nitrogens with zero attached hydrogens (tertiary/aromatic N) is 3. The molecule has 1 aliphatic heterocycles. The van der Waals surface area contributed by atoms with Gasteiger partial charge in [0, 0.05) is 37.0 Å². The molecule has 20 heavy (non-hydrogen) atoms. The molecule has 1 aliphatic rings. The van der Waals surface area contributed by atoms with Gasteiger partial charge in [0.05, 0.1) is 13.3 Å². The Bertz CT molecular complexity index is 614. The van der Waals surface area contributed by atoms with Crippen molar-refractivity contribution in [3.05, 3.63) is 24.4 Å². The molecule has 5 nitrogen and oxygen atoms in total. The van der Waals surface area contributed by atoms with Crippen LogP contribution in [-0.4, -0.2) is 30.0 Å². The SMILES string of the molecule is COc1ccc(N2CCCC2)cc1-c1cnn(C)c1N. The van der Waals surface area contributed by atoms with E-state index in [4.69, 9.17) is 10.5 Å². The van der Waals surface area contributed by atoms with Gasteiger partial charge in [0.25, 0.3) is 0 Å². The van der Waals surface area contributed by atoms with Crippen molar-refractivity contribution in [1.29, 1.82) is 0 Å². The van der Waals surface area contributed by atoms with Crippen molar-refractivity contribution in [2.45, 2.75) is 12.8 Å². The van der Waals surface area contributed by atoms with Gasteiger partial charge in [-0.1, -0.05) is 0 Å². The van der Waals surface area contributed by atoms with Crippen molar-refractivity contribution in [1.82, 2.24) is 9.78 Å². The summed E-state index contributed by atoms with van der Waals surface area (Å²) in [4.78, 5) is 2.40. The molecule has 1 aromatic heterocycles. The van der Waals surface area contributed by atoms with Gasteiger partial charge in [-0.2, -0.15) is 5.10 Å². The van der Waals surface area contributed by atoms with E-state index >= 15 is 0 Å². The number of aryl methyl sites for hydroxylation is 1. The van der Waals surface area contributed by atoms with E-state index in [1.165, 1.54) is 18.5 Å². The van der Waals surface area contributed by atoms with E-state index in [0.29, 0.717) is 5.82 Å². The lowest BCUT2D eigenvalue weighted by atomic mass is 10.1. The Hall–Kier alpha value is -2.17. The molecule has 5 heteroatoms. The molecule has 1 saturated heterocycles. The first-order valence-electron chi connectivity index (χ1n) is 6.91. The number of hydrogen-bond acceptors (Lipinski definition) is 4. The summed E-state index contributed by atoms with van der Waals surface area (Å²) in [6, 6.07) is 6.27. The summed E-state index contributed by atoms with van der Waals surface area (Å²) in [5.41, 5.74) is 9.24. The van der Waals surface area contributed by atoms with Crippen LogP contribution in [0.1, 0.15) is 12.8 Å². The molecule has 3 rings (SSSR count). The monoisotopic (exact) mass is 272 g/mol. The summed E-state index contributed by atoms with van der Waals surface area (Å²) >= 11 is 0. The van der Waals surface area contributed by atoms with Gasteiger partial charge < -0.3 is 15.4 Å². The van der Waals surface area contributed by atoms with Gasteiger partial charge in [-0.3, -0.25) is 4.68 Å². The van der Waals surface area contributed by atoms with Gasteiger partial charge in [0.2, 0.25) is 0 Å².